The average Bonchev–Trinajstić information content (AvgIpc) is 2.68. The molecule has 0 aromatic heterocycles. The van der Waals surface area contributed by atoms with Gasteiger partial charge in [0.25, 0.3) is 0 Å². The number of rotatable bonds is 1. The molecule has 0 atom stereocenters. The van der Waals surface area contributed by atoms with Crippen molar-refractivity contribution < 1.29 is 4.79 Å². The summed E-state index contributed by atoms with van der Waals surface area (Å²) in [5.41, 5.74) is 2.36. The molecule has 1 aliphatic carbocycles. The second kappa shape index (κ2) is 8.54. The van der Waals surface area contributed by atoms with Gasteiger partial charge in [0.1, 0.15) is 0 Å². The average molecular weight is 323 g/mol. The minimum Gasteiger partial charge on any atom is -0.311 e. The number of nitrogens with one attached hydrogen (secondary N) is 1. The van der Waals surface area contributed by atoms with Gasteiger partial charge in [0, 0.05) is 31.2 Å². The minimum atomic E-state index is 0. The van der Waals surface area contributed by atoms with Crippen LogP contribution in [0.15, 0.2) is 24.3 Å². The van der Waals surface area contributed by atoms with E-state index in [0.717, 1.165) is 38.2 Å². The van der Waals surface area contributed by atoms with Crippen LogP contribution < -0.4 is 10.2 Å². The quantitative estimate of drug-likeness (QED) is 0.850. The van der Waals surface area contributed by atoms with Crippen molar-refractivity contribution in [2.75, 3.05) is 18.0 Å². The molecule has 0 radical (unpaired) electrons. The van der Waals surface area contributed by atoms with Gasteiger partial charge in [0.2, 0.25) is 5.91 Å². The van der Waals surface area contributed by atoms with E-state index in [9.17, 15) is 4.79 Å². The van der Waals surface area contributed by atoms with Crippen LogP contribution >= 0.6 is 12.4 Å². The molecule has 1 fully saturated rings. The Labute approximate surface area is 139 Å². The van der Waals surface area contributed by atoms with Gasteiger partial charge in [0.15, 0.2) is 0 Å². The second-order valence-corrected chi connectivity index (χ2v) is 6.34. The lowest BCUT2D eigenvalue weighted by Crippen LogP contribution is -2.39. The van der Waals surface area contributed by atoms with E-state index in [-0.39, 0.29) is 18.3 Å². The summed E-state index contributed by atoms with van der Waals surface area (Å²) in [5.74, 6) is 0.588. The lowest BCUT2D eigenvalue weighted by Gasteiger charge is -2.28. The molecule has 0 unspecified atom stereocenters. The van der Waals surface area contributed by atoms with Crippen molar-refractivity contribution in [3.05, 3.63) is 29.8 Å². The fourth-order valence-corrected chi connectivity index (χ4v) is 3.61. The predicted molar refractivity (Wildman–Crippen MR) is 93.6 cm³/mol. The number of halogens is 1. The van der Waals surface area contributed by atoms with E-state index >= 15 is 0 Å². The molecule has 122 valence electrons. The topological polar surface area (TPSA) is 32.3 Å². The van der Waals surface area contributed by atoms with Crippen LogP contribution in [-0.2, 0) is 11.3 Å². The normalized spacial score (nSPS) is 20.1. The Kier molecular flexibility index (Phi) is 6.71. The molecule has 1 aliphatic heterocycles. The number of fused-ring (bicyclic) bond motifs is 1. The maximum Gasteiger partial charge on any atom is 0.230 e. The SMILES string of the molecule is Cl.O=C(C1CCCCCCC1)N1CCNCc2ccccc21. The molecule has 1 aromatic rings. The van der Waals surface area contributed by atoms with Crippen molar-refractivity contribution in [2.45, 2.75) is 51.5 Å². The number of nitrogens with zero attached hydrogens (tertiary/aromatic N) is 1. The van der Waals surface area contributed by atoms with Crippen molar-refractivity contribution in [1.82, 2.24) is 5.32 Å². The fraction of sp³-hybridized carbons (Fsp3) is 0.611. The van der Waals surface area contributed by atoms with Crippen LogP contribution in [-0.4, -0.2) is 19.0 Å². The third-order valence-electron chi connectivity index (χ3n) is 4.83. The van der Waals surface area contributed by atoms with E-state index < -0.39 is 0 Å². The third-order valence-corrected chi connectivity index (χ3v) is 4.83. The zero-order chi connectivity index (χ0) is 14.5. The zero-order valence-electron chi connectivity index (χ0n) is 13.2. The number of anilines is 1. The van der Waals surface area contributed by atoms with Crippen LogP contribution in [0.2, 0.25) is 0 Å². The van der Waals surface area contributed by atoms with Gasteiger partial charge in [-0.05, 0) is 24.5 Å². The number of benzene rings is 1. The molecule has 1 aromatic carbocycles. The Morgan fingerprint density at radius 3 is 2.50 bits per heavy atom. The van der Waals surface area contributed by atoms with Crippen LogP contribution in [0.4, 0.5) is 5.69 Å². The Morgan fingerprint density at radius 1 is 1.05 bits per heavy atom. The van der Waals surface area contributed by atoms with Crippen molar-refractivity contribution >= 4 is 24.0 Å². The highest BCUT2D eigenvalue weighted by Crippen LogP contribution is 2.28. The van der Waals surface area contributed by atoms with Gasteiger partial charge in [-0.15, -0.1) is 12.4 Å². The summed E-state index contributed by atoms with van der Waals surface area (Å²) >= 11 is 0. The predicted octanol–water partition coefficient (Wildman–Crippen LogP) is 3.91. The molecule has 1 N–H and O–H groups in total. The summed E-state index contributed by atoms with van der Waals surface area (Å²) in [6.07, 6.45) is 8.51. The first-order valence-electron chi connectivity index (χ1n) is 8.46. The zero-order valence-corrected chi connectivity index (χ0v) is 14.0. The van der Waals surface area contributed by atoms with Crippen molar-refractivity contribution in [3.63, 3.8) is 0 Å². The van der Waals surface area contributed by atoms with Crippen LogP contribution in [0.25, 0.3) is 0 Å². The highest BCUT2D eigenvalue weighted by atomic mass is 35.5. The molecular weight excluding hydrogens is 296 g/mol. The van der Waals surface area contributed by atoms with Crippen molar-refractivity contribution in [2.24, 2.45) is 5.92 Å². The number of hydrogen-bond donors (Lipinski definition) is 1. The van der Waals surface area contributed by atoms with E-state index in [4.69, 9.17) is 0 Å². The maximum atomic E-state index is 13.0. The third kappa shape index (κ3) is 4.02. The van der Waals surface area contributed by atoms with Crippen LogP contribution in [0.1, 0.15) is 50.5 Å². The number of amides is 1. The van der Waals surface area contributed by atoms with Gasteiger partial charge in [-0.25, -0.2) is 0 Å². The fourth-order valence-electron chi connectivity index (χ4n) is 3.61. The molecule has 1 saturated carbocycles. The van der Waals surface area contributed by atoms with E-state index in [1.165, 1.54) is 37.7 Å². The van der Waals surface area contributed by atoms with Crippen LogP contribution in [0.5, 0.6) is 0 Å². The Bertz CT molecular complexity index is 484. The molecule has 3 rings (SSSR count). The molecule has 0 spiro atoms. The van der Waals surface area contributed by atoms with Gasteiger partial charge in [-0.2, -0.15) is 0 Å². The number of hydrogen-bond acceptors (Lipinski definition) is 2. The first-order valence-corrected chi connectivity index (χ1v) is 8.46. The Balaban J connectivity index is 0.00000176. The summed E-state index contributed by atoms with van der Waals surface area (Å²) in [4.78, 5) is 15.1. The van der Waals surface area contributed by atoms with Gasteiger partial charge in [-0.1, -0.05) is 50.3 Å². The molecule has 3 nitrogen and oxygen atoms in total. The highest BCUT2D eigenvalue weighted by molar-refractivity contribution is 5.95. The highest BCUT2D eigenvalue weighted by Gasteiger charge is 2.27. The van der Waals surface area contributed by atoms with Gasteiger partial charge >= 0.3 is 0 Å². The molecule has 2 aliphatic rings. The molecule has 0 saturated heterocycles. The number of para-hydroxylation sites is 1. The van der Waals surface area contributed by atoms with E-state index in [2.05, 4.69) is 23.5 Å². The van der Waals surface area contributed by atoms with E-state index in [1.54, 1.807) is 0 Å². The van der Waals surface area contributed by atoms with Gasteiger partial charge < -0.3 is 10.2 Å². The minimum absolute atomic E-state index is 0. The largest absolute Gasteiger partial charge is 0.311 e. The van der Waals surface area contributed by atoms with Gasteiger partial charge in [0.05, 0.1) is 0 Å². The Hall–Kier alpha value is -1.06. The molecular formula is C18H27ClN2O. The molecule has 22 heavy (non-hydrogen) atoms. The van der Waals surface area contributed by atoms with E-state index in [1.807, 2.05) is 11.0 Å². The monoisotopic (exact) mass is 322 g/mol. The smallest absolute Gasteiger partial charge is 0.230 e. The first-order chi connectivity index (χ1) is 10.4. The molecule has 1 heterocycles. The second-order valence-electron chi connectivity index (χ2n) is 6.34. The summed E-state index contributed by atoms with van der Waals surface area (Å²) < 4.78 is 0. The standard InChI is InChI=1S/C18H26N2O.ClH/c21-18(15-8-4-2-1-3-5-9-15)20-13-12-19-14-16-10-6-7-11-17(16)20;/h6-7,10-11,15,19H,1-5,8-9,12-14H2;1H. The summed E-state index contributed by atoms with van der Waals surface area (Å²) in [5, 5.41) is 3.42. The van der Waals surface area contributed by atoms with E-state index in [0.29, 0.717) is 5.91 Å². The van der Waals surface area contributed by atoms with Crippen LogP contribution in [0, 0.1) is 5.92 Å². The summed E-state index contributed by atoms with van der Waals surface area (Å²) in [6.45, 7) is 2.55. The number of carbonyl (C=O) groups is 1. The first kappa shape index (κ1) is 17.3. The van der Waals surface area contributed by atoms with Crippen molar-refractivity contribution in [3.8, 4) is 0 Å². The number of carbonyl (C=O) groups excluding carboxylic acids is 1. The lowest BCUT2D eigenvalue weighted by atomic mass is 9.90. The van der Waals surface area contributed by atoms with Crippen molar-refractivity contribution in [1.29, 1.82) is 0 Å². The molecule has 0 bridgehead atoms. The molecule has 4 heteroatoms. The maximum absolute atomic E-state index is 13.0. The Morgan fingerprint density at radius 2 is 1.73 bits per heavy atom. The summed E-state index contributed by atoms with van der Waals surface area (Å²) in [6, 6.07) is 8.34. The van der Waals surface area contributed by atoms with Gasteiger partial charge in [-0.3, -0.25) is 4.79 Å². The molecule has 1 amide bonds. The van der Waals surface area contributed by atoms with Crippen LogP contribution in [0.3, 0.4) is 0 Å². The lowest BCUT2D eigenvalue weighted by molar-refractivity contribution is -0.123. The summed E-state index contributed by atoms with van der Waals surface area (Å²) in [7, 11) is 0.